The smallest absolute Gasteiger partial charge is 0.269 e. The van der Waals surface area contributed by atoms with Crippen LogP contribution in [0.2, 0.25) is 0 Å². The lowest BCUT2D eigenvalue weighted by Crippen LogP contribution is -2.33. The van der Waals surface area contributed by atoms with Crippen LogP contribution in [0, 0.1) is 0 Å². The molecule has 2 aromatic carbocycles. The largest absolute Gasteiger partial charge is 0.379 e. The van der Waals surface area contributed by atoms with Gasteiger partial charge in [0.05, 0.1) is 27.9 Å². The van der Waals surface area contributed by atoms with Gasteiger partial charge in [0.1, 0.15) is 0 Å². The van der Waals surface area contributed by atoms with Crippen LogP contribution in [0.1, 0.15) is 32.6 Å². The molecule has 214 valence electrons. The topological polar surface area (TPSA) is 106 Å². The molecule has 3 aromatic heterocycles. The number of pyridine rings is 2. The standard InChI is InChI=1S/C32H30ClN5O3S/c1-21(39)36-25-9-7-8-22(17-25)24-16-23-18-31(27-14-15-34-20-30(27)37-29-13-6-5-12-28(29)33)38(32(23)35-19-24)42(40,41)26-10-3-2-4-11-26/h2-4,7-11,14-20,28-29,37H,5-6,12-13H2,1H3,(H,36,39). The average molecular weight is 600 g/mol. The molecule has 42 heavy (non-hydrogen) atoms. The fourth-order valence-electron chi connectivity index (χ4n) is 5.52. The fraction of sp³-hybridized carbons (Fsp3) is 0.219. The summed E-state index contributed by atoms with van der Waals surface area (Å²) in [6.07, 6.45) is 9.05. The molecular weight excluding hydrogens is 570 g/mol. The van der Waals surface area contributed by atoms with Crippen LogP contribution in [-0.4, -0.2) is 39.7 Å². The Morgan fingerprint density at radius 2 is 1.76 bits per heavy atom. The summed E-state index contributed by atoms with van der Waals surface area (Å²) in [6, 6.07) is 21.4. The summed E-state index contributed by atoms with van der Waals surface area (Å²) in [4.78, 5) is 20.8. The van der Waals surface area contributed by atoms with E-state index in [0.29, 0.717) is 33.7 Å². The highest BCUT2D eigenvalue weighted by Gasteiger charge is 2.28. The number of nitrogens with zero attached hydrogens (tertiary/aromatic N) is 3. The third-order valence-electron chi connectivity index (χ3n) is 7.52. The SMILES string of the molecule is CC(=O)Nc1cccc(-c2cnc3c(c2)cc(-c2ccncc2NC2CCCCC2Cl)n3S(=O)(=O)c2ccccc2)c1. The highest BCUT2D eigenvalue weighted by Crippen LogP contribution is 2.37. The van der Waals surface area contributed by atoms with Crippen molar-refractivity contribution in [1.29, 1.82) is 0 Å². The average Bonchev–Trinajstić information content (AvgIpc) is 3.38. The van der Waals surface area contributed by atoms with Crippen molar-refractivity contribution >= 4 is 49.9 Å². The van der Waals surface area contributed by atoms with Crippen molar-refractivity contribution in [2.24, 2.45) is 0 Å². The molecule has 0 bridgehead atoms. The predicted molar refractivity (Wildman–Crippen MR) is 167 cm³/mol. The van der Waals surface area contributed by atoms with E-state index in [0.717, 1.165) is 36.8 Å². The lowest BCUT2D eigenvalue weighted by atomic mass is 9.94. The van der Waals surface area contributed by atoms with Crippen LogP contribution in [0.3, 0.4) is 0 Å². The van der Waals surface area contributed by atoms with E-state index in [9.17, 15) is 13.2 Å². The molecule has 2 atom stereocenters. The maximum absolute atomic E-state index is 14.2. The van der Waals surface area contributed by atoms with Crippen molar-refractivity contribution in [1.82, 2.24) is 13.9 Å². The summed E-state index contributed by atoms with van der Waals surface area (Å²) in [7, 11) is -4.03. The third kappa shape index (κ3) is 5.49. The zero-order chi connectivity index (χ0) is 29.3. The molecular formula is C32H30ClN5O3S. The molecule has 1 amide bonds. The monoisotopic (exact) mass is 599 g/mol. The molecule has 3 heterocycles. The van der Waals surface area contributed by atoms with E-state index in [1.165, 1.54) is 10.9 Å². The van der Waals surface area contributed by atoms with Crippen LogP contribution in [0.25, 0.3) is 33.4 Å². The number of anilines is 2. The number of carbonyl (C=O) groups excluding carboxylic acids is 1. The number of fused-ring (bicyclic) bond motifs is 1. The van der Waals surface area contributed by atoms with E-state index in [4.69, 9.17) is 11.6 Å². The number of rotatable bonds is 7. The molecule has 1 aliphatic carbocycles. The first-order valence-corrected chi connectivity index (χ1v) is 15.7. The molecule has 6 rings (SSSR count). The van der Waals surface area contributed by atoms with Crippen molar-refractivity contribution in [2.75, 3.05) is 10.6 Å². The maximum Gasteiger partial charge on any atom is 0.269 e. The zero-order valence-electron chi connectivity index (χ0n) is 23.0. The van der Waals surface area contributed by atoms with Gasteiger partial charge in [-0.25, -0.2) is 17.4 Å². The summed E-state index contributed by atoms with van der Waals surface area (Å²) >= 11 is 6.68. The number of carbonyl (C=O) groups is 1. The number of alkyl halides is 1. The van der Waals surface area contributed by atoms with E-state index < -0.39 is 10.0 Å². The number of hydrogen-bond acceptors (Lipinski definition) is 6. The van der Waals surface area contributed by atoms with Crippen LogP contribution in [0.15, 0.2) is 96.3 Å². The maximum atomic E-state index is 14.2. The summed E-state index contributed by atoms with van der Waals surface area (Å²) in [5.74, 6) is -0.163. The predicted octanol–water partition coefficient (Wildman–Crippen LogP) is 6.92. The third-order valence-corrected chi connectivity index (χ3v) is 9.76. The van der Waals surface area contributed by atoms with Gasteiger partial charge in [-0.05, 0) is 60.9 Å². The first kappa shape index (κ1) is 27.9. The van der Waals surface area contributed by atoms with Gasteiger partial charge in [-0.1, -0.05) is 43.2 Å². The van der Waals surface area contributed by atoms with Crippen molar-refractivity contribution in [3.05, 3.63) is 91.4 Å². The van der Waals surface area contributed by atoms with Gasteiger partial charge in [0.2, 0.25) is 5.91 Å². The van der Waals surface area contributed by atoms with Crippen LogP contribution in [0.4, 0.5) is 11.4 Å². The second-order valence-electron chi connectivity index (χ2n) is 10.5. The van der Waals surface area contributed by atoms with Gasteiger partial charge < -0.3 is 10.6 Å². The quantitative estimate of drug-likeness (QED) is 0.197. The summed E-state index contributed by atoms with van der Waals surface area (Å²) in [5, 5.41) is 6.99. The number of amides is 1. The molecule has 0 radical (unpaired) electrons. The van der Waals surface area contributed by atoms with E-state index >= 15 is 0 Å². The zero-order valence-corrected chi connectivity index (χ0v) is 24.6. The van der Waals surface area contributed by atoms with Crippen LogP contribution in [0.5, 0.6) is 0 Å². The van der Waals surface area contributed by atoms with Crippen LogP contribution in [-0.2, 0) is 14.8 Å². The Morgan fingerprint density at radius 3 is 2.55 bits per heavy atom. The highest BCUT2D eigenvalue weighted by atomic mass is 35.5. The first-order chi connectivity index (χ1) is 20.3. The molecule has 1 aliphatic rings. The molecule has 10 heteroatoms. The number of benzene rings is 2. The summed E-state index contributed by atoms with van der Waals surface area (Å²) in [6.45, 7) is 1.46. The minimum atomic E-state index is -4.03. The second-order valence-corrected chi connectivity index (χ2v) is 12.8. The number of aromatic nitrogens is 3. The minimum Gasteiger partial charge on any atom is -0.379 e. The molecule has 1 fully saturated rings. The Labute approximate surface area is 249 Å². The molecule has 0 aliphatic heterocycles. The van der Waals surface area contributed by atoms with Gasteiger partial charge in [-0.2, -0.15) is 0 Å². The van der Waals surface area contributed by atoms with E-state index in [-0.39, 0.29) is 22.2 Å². The fourth-order valence-corrected chi connectivity index (χ4v) is 7.36. The Kier molecular flexibility index (Phi) is 7.70. The van der Waals surface area contributed by atoms with Crippen molar-refractivity contribution in [3.8, 4) is 22.4 Å². The lowest BCUT2D eigenvalue weighted by molar-refractivity contribution is -0.114. The Hall–Kier alpha value is -4.21. The van der Waals surface area contributed by atoms with Gasteiger partial charge in [0, 0.05) is 47.6 Å². The van der Waals surface area contributed by atoms with Crippen LogP contribution < -0.4 is 10.6 Å². The van der Waals surface area contributed by atoms with Gasteiger partial charge in [0.15, 0.2) is 5.65 Å². The first-order valence-electron chi connectivity index (χ1n) is 13.9. The van der Waals surface area contributed by atoms with Crippen molar-refractivity contribution in [2.45, 2.75) is 48.9 Å². The highest BCUT2D eigenvalue weighted by molar-refractivity contribution is 7.90. The molecule has 1 saturated carbocycles. The second kappa shape index (κ2) is 11.6. The van der Waals surface area contributed by atoms with Gasteiger partial charge in [-0.3, -0.25) is 9.78 Å². The van der Waals surface area contributed by atoms with Crippen molar-refractivity contribution < 1.29 is 13.2 Å². The molecule has 2 N–H and O–H groups in total. The molecule has 0 spiro atoms. The van der Waals surface area contributed by atoms with Gasteiger partial charge in [0.25, 0.3) is 10.0 Å². The minimum absolute atomic E-state index is 0.0248. The summed E-state index contributed by atoms with van der Waals surface area (Å²) in [5.41, 5.74) is 4.47. The van der Waals surface area contributed by atoms with Gasteiger partial charge >= 0.3 is 0 Å². The van der Waals surface area contributed by atoms with E-state index in [1.54, 1.807) is 48.9 Å². The molecule has 8 nitrogen and oxygen atoms in total. The Balaban J connectivity index is 1.52. The summed E-state index contributed by atoms with van der Waals surface area (Å²) < 4.78 is 29.7. The van der Waals surface area contributed by atoms with Crippen LogP contribution >= 0.6 is 11.6 Å². The van der Waals surface area contributed by atoms with E-state index in [2.05, 4.69) is 20.6 Å². The lowest BCUT2D eigenvalue weighted by Gasteiger charge is -2.29. The number of halogens is 1. The van der Waals surface area contributed by atoms with Crippen molar-refractivity contribution in [3.63, 3.8) is 0 Å². The van der Waals surface area contributed by atoms with E-state index in [1.807, 2.05) is 42.5 Å². The number of hydrogen-bond donors (Lipinski definition) is 2. The molecule has 0 saturated heterocycles. The molecule has 2 unspecified atom stereocenters. The van der Waals surface area contributed by atoms with Gasteiger partial charge in [-0.15, -0.1) is 11.6 Å². The number of nitrogens with one attached hydrogen (secondary N) is 2. The molecule has 5 aromatic rings. The normalized spacial score (nSPS) is 17.2. The Morgan fingerprint density at radius 1 is 0.952 bits per heavy atom. The Bertz CT molecular complexity index is 1870.